The molecule has 0 fully saturated rings. The number of anilines is 1. The Balaban J connectivity index is 1.95. The van der Waals surface area contributed by atoms with Crippen molar-refractivity contribution in [1.82, 2.24) is 0 Å². The van der Waals surface area contributed by atoms with Crippen LogP contribution in [0.4, 0.5) is 11.4 Å². The largest absolute Gasteiger partial charge is 0.465 e. The number of nitro groups is 1. The van der Waals surface area contributed by atoms with Crippen molar-refractivity contribution in [3.05, 3.63) is 68.2 Å². The lowest BCUT2D eigenvalue weighted by Crippen LogP contribution is -2.29. The fraction of sp³-hybridized carbons (Fsp3) is 0.176. The fourth-order valence-corrected chi connectivity index (χ4v) is 2.99. The predicted octanol–water partition coefficient (Wildman–Crippen LogP) is 3.24. The molecule has 0 N–H and O–H groups in total. The van der Waals surface area contributed by atoms with Gasteiger partial charge in [-0.3, -0.25) is 14.9 Å². The molecule has 1 aliphatic heterocycles. The van der Waals surface area contributed by atoms with E-state index in [0.29, 0.717) is 24.2 Å². The Morgan fingerprint density at radius 1 is 1.24 bits per heavy atom. The van der Waals surface area contributed by atoms with Gasteiger partial charge in [-0.15, -0.1) is 0 Å². The molecule has 8 heteroatoms. The molecule has 1 heterocycles. The molecule has 1 aliphatic rings. The summed E-state index contributed by atoms with van der Waals surface area (Å²) in [5.41, 5.74) is 1.76. The third kappa shape index (κ3) is 3.06. The number of benzene rings is 2. The van der Waals surface area contributed by atoms with Gasteiger partial charge >= 0.3 is 5.97 Å². The molecular formula is C17H13ClN2O5. The second-order valence-corrected chi connectivity index (χ2v) is 5.87. The summed E-state index contributed by atoms with van der Waals surface area (Å²) in [7, 11) is 1.30. The van der Waals surface area contributed by atoms with E-state index in [0.717, 1.165) is 5.56 Å². The number of hydrogen-bond donors (Lipinski definition) is 0. The smallest absolute Gasteiger partial charge is 0.337 e. The van der Waals surface area contributed by atoms with Crippen molar-refractivity contribution in [3.8, 4) is 0 Å². The first-order valence-corrected chi connectivity index (χ1v) is 7.77. The molecule has 0 bridgehead atoms. The van der Waals surface area contributed by atoms with Crippen LogP contribution in [0.1, 0.15) is 26.3 Å². The summed E-state index contributed by atoms with van der Waals surface area (Å²) in [4.78, 5) is 36.3. The zero-order valence-electron chi connectivity index (χ0n) is 13.2. The van der Waals surface area contributed by atoms with Gasteiger partial charge in [0, 0.05) is 24.4 Å². The van der Waals surface area contributed by atoms with Crippen LogP contribution >= 0.6 is 11.6 Å². The third-order valence-corrected chi connectivity index (χ3v) is 4.36. The van der Waals surface area contributed by atoms with Gasteiger partial charge in [0.25, 0.3) is 11.6 Å². The Morgan fingerprint density at radius 3 is 2.68 bits per heavy atom. The molecule has 1 amide bonds. The van der Waals surface area contributed by atoms with Crippen molar-refractivity contribution < 1.29 is 19.2 Å². The van der Waals surface area contributed by atoms with E-state index in [1.807, 2.05) is 0 Å². The van der Waals surface area contributed by atoms with Crippen LogP contribution in [0.15, 0.2) is 36.4 Å². The number of ether oxygens (including phenoxy) is 1. The van der Waals surface area contributed by atoms with Crippen molar-refractivity contribution in [2.45, 2.75) is 6.42 Å². The first kappa shape index (κ1) is 16.9. The van der Waals surface area contributed by atoms with Gasteiger partial charge in [-0.1, -0.05) is 11.6 Å². The molecule has 128 valence electrons. The molecule has 0 unspecified atom stereocenters. The van der Waals surface area contributed by atoms with E-state index in [1.54, 1.807) is 18.2 Å². The number of nitro benzene ring substituents is 1. The van der Waals surface area contributed by atoms with E-state index in [9.17, 15) is 19.7 Å². The molecule has 3 rings (SSSR count). The number of amides is 1. The molecule has 0 radical (unpaired) electrons. The molecule has 0 aromatic heterocycles. The highest BCUT2D eigenvalue weighted by atomic mass is 35.5. The van der Waals surface area contributed by atoms with Crippen molar-refractivity contribution >= 4 is 34.9 Å². The van der Waals surface area contributed by atoms with Gasteiger partial charge in [-0.05, 0) is 36.2 Å². The van der Waals surface area contributed by atoms with Crippen LogP contribution in [-0.4, -0.2) is 30.5 Å². The zero-order chi connectivity index (χ0) is 18.1. The van der Waals surface area contributed by atoms with E-state index in [-0.39, 0.29) is 16.3 Å². The topological polar surface area (TPSA) is 89.8 Å². The van der Waals surface area contributed by atoms with E-state index in [2.05, 4.69) is 0 Å². The van der Waals surface area contributed by atoms with Gasteiger partial charge in [-0.25, -0.2) is 4.79 Å². The highest BCUT2D eigenvalue weighted by molar-refractivity contribution is 6.34. The Bertz CT molecular complexity index is 897. The summed E-state index contributed by atoms with van der Waals surface area (Å²) < 4.78 is 4.69. The molecule has 0 atom stereocenters. The highest BCUT2D eigenvalue weighted by Gasteiger charge is 2.28. The summed E-state index contributed by atoms with van der Waals surface area (Å²) in [6.07, 6.45) is 0.568. The molecule has 0 saturated carbocycles. The number of nitrogens with zero attached hydrogens (tertiary/aromatic N) is 2. The number of carbonyl (C=O) groups excluding carboxylic acids is 2. The van der Waals surface area contributed by atoms with Crippen molar-refractivity contribution in [2.75, 3.05) is 18.6 Å². The van der Waals surface area contributed by atoms with Gasteiger partial charge in [0.15, 0.2) is 0 Å². The molecule has 2 aromatic rings. The second kappa shape index (κ2) is 6.52. The average molecular weight is 361 g/mol. The monoisotopic (exact) mass is 360 g/mol. The maximum Gasteiger partial charge on any atom is 0.337 e. The number of rotatable bonds is 3. The third-order valence-electron chi connectivity index (χ3n) is 4.03. The van der Waals surface area contributed by atoms with Gasteiger partial charge < -0.3 is 9.64 Å². The maximum absolute atomic E-state index is 12.8. The lowest BCUT2D eigenvalue weighted by molar-refractivity contribution is -0.384. The molecule has 7 nitrogen and oxygen atoms in total. The second-order valence-electron chi connectivity index (χ2n) is 5.46. The first-order chi connectivity index (χ1) is 11.9. The Hall–Kier alpha value is -2.93. The average Bonchev–Trinajstić information content (AvgIpc) is 3.03. The van der Waals surface area contributed by atoms with E-state index >= 15 is 0 Å². The van der Waals surface area contributed by atoms with Crippen LogP contribution < -0.4 is 4.90 Å². The van der Waals surface area contributed by atoms with Crippen molar-refractivity contribution in [2.24, 2.45) is 0 Å². The van der Waals surface area contributed by atoms with Crippen LogP contribution in [0.3, 0.4) is 0 Å². The summed E-state index contributed by atoms with van der Waals surface area (Å²) in [6.45, 7) is 0.401. The highest BCUT2D eigenvalue weighted by Crippen LogP contribution is 2.32. The van der Waals surface area contributed by atoms with Gasteiger partial charge in [0.05, 0.1) is 28.2 Å². The minimum Gasteiger partial charge on any atom is -0.465 e. The number of methoxy groups -OCH3 is 1. The van der Waals surface area contributed by atoms with Crippen molar-refractivity contribution in [1.29, 1.82) is 0 Å². The number of halogens is 1. The lowest BCUT2D eigenvalue weighted by Gasteiger charge is -2.18. The predicted molar refractivity (Wildman–Crippen MR) is 91.3 cm³/mol. The first-order valence-electron chi connectivity index (χ1n) is 7.39. The quantitative estimate of drug-likeness (QED) is 0.476. The van der Waals surface area contributed by atoms with Crippen LogP contribution in [-0.2, 0) is 11.2 Å². The van der Waals surface area contributed by atoms with Gasteiger partial charge in [0.1, 0.15) is 0 Å². The molecular weight excluding hydrogens is 348 g/mol. The SMILES string of the molecule is COC(=O)c1ccc2c(c1)CCN2C(=O)c1cc([N+](=O)[O-])ccc1Cl. The Labute approximate surface area is 147 Å². The normalized spacial score (nSPS) is 12.6. The molecule has 0 spiro atoms. The van der Waals surface area contributed by atoms with Gasteiger partial charge in [-0.2, -0.15) is 0 Å². The number of carbonyl (C=O) groups is 2. The number of non-ortho nitro benzene ring substituents is 1. The van der Waals surface area contributed by atoms with Crippen LogP contribution in [0, 0.1) is 10.1 Å². The summed E-state index contributed by atoms with van der Waals surface area (Å²) in [5, 5.41) is 11.1. The summed E-state index contributed by atoms with van der Waals surface area (Å²) in [6, 6.07) is 8.68. The van der Waals surface area contributed by atoms with Crippen LogP contribution in [0.2, 0.25) is 5.02 Å². The molecule has 2 aromatic carbocycles. The minimum atomic E-state index is -0.576. The Morgan fingerprint density at radius 2 is 2.00 bits per heavy atom. The fourth-order valence-electron chi connectivity index (χ4n) is 2.79. The minimum absolute atomic E-state index is 0.0701. The van der Waals surface area contributed by atoms with E-state index in [4.69, 9.17) is 16.3 Å². The maximum atomic E-state index is 12.8. The summed E-state index contributed by atoms with van der Waals surface area (Å²) >= 11 is 6.06. The standard InChI is InChI=1S/C17H13ClN2O5/c1-25-17(22)11-2-5-15-10(8-11)6-7-19(15)16(21)13-9-12(20(23)24)3-4-14(13)18/h2-5,8-9H,6-7H2,1H3. The molecule has 0 saturated heterocycles. The lowest BCUT2D eigenvalue weighted by atomic mass is 10.1. The summed E-state index contributed by atoms with van der Waals surface area (Å²) in [5.74, 6) is -0.868. The molecule has 25 heavy (non-hydrogen) atoms. The van der Waals surface area contributed by atoms with Crippen LogP contribution in [0.25, 0.3) is 0 Å². The zero-order valence-corrected chi connectivity index (χ0v) is 13.9. The van der Waals surface area contributed by atoms with Crippen molar-refractivity contribution in [3.63, 3.8) is 0 Å². The Kier molecular flexibility index (Phi) is 4.41. The molecule has 0 aliphatic carbocycles. The number of fused-ring (bicyclic) bond motifs is 1. The van der Waals surface area contributed by atoms with E-state index < -0.39 is 16.8 Å². The number of esters is 1. The van der Waals surface area contributed by atoms with E-state index in [1.165, 1.54) is 30.2 Å². The van der Waals surface area contributed by atoms with Crippen LogP contribution in [0.5, 0.6) is 0 Å². The van der Waals surface area contributed by atoms with Gasteiger partial charge in [0.2, 0.25) is 0 Å². The number of hydrogen-bond acceptors (Lipinski definition) is 5.